The van der Waals surface area contributed by atoms with Crippen LogP contribution in [-0.2, 0) is 0 Å². The number of hydrogen-bond donors (Lipinski definition) is 0. The lowest BCUT2D eigenvalue weighted by Crippen LogP contribution is -1.93. The summed E-state index contributed by atoms with van der Waals surface area (Å²) in [6, 6.07) is 0. The van der Waals surface area contributed by atoms with E-state index < -0.39 is 0 Å². The molecule has 0 amide bonds. The first-order valence-electron chi connectivity index (χ1n) is 4.27. The van der Waals surface area contributed by atoms with E-state index in [1.54, 1.807) is 0 Å². The molecule has 0 heteroatoms. The highest BCUT2D eigenvalue weighted by Gasteiger charge is 1.98. The highest BCUT2D eigenvalue weighted by Crippen LogP contribution is 2.13. The molecule has 0 nitrogen and oxygen atoms in total. The van der Waals surface area contributed by atoms with Gasteiger partial charge in [0.2, 0.25) is 0 Å². The molecule has 10 heavy (non-hydrogen) atoms. The molecule has 0 N–H and O–H groups in total. The summed E-state index contributed by atoms with van der Waals surface area (Å²) >= 11 is 0. The molecule has 1 aliphatic rings. The van der Waals surface area contributed by atoms with Crippen molar-refractivity contribution in [2.24, 2.45) is 5.92 Å². The average molecular weight is 138 g/mol. The quantitative estimate of drug-likeness (QED) is 0.519. The van der Waals surface area contributed by atoms with E-state index in [0.717, 1.165) is 5.92 Å². The van der Waals surface area contributed by atoms with Crippen molar-refractivity contribution in [3.8, 4) is 0 Å². The third-order valence-electron chi connectivity index (χ3n) is 1.59. The van der Waals surface area contributed by atoms with Gasteiger partial charge in [0.05, 0.1) is 0 Å². The highest BCUT2D eigenvalue weighted by molar-refractivity contribution is 5.10. The maximum Gasteiger partial charge on any atom is -0.0198 e. The summed E-state index contributed by atoms with van der Waals surface area (Å²) in [5, 5.41) is 0. The second kappa shape index (κ2) is 6.60. The molecule has 0 radical (unpaired) electrons. The van der Waals surface area contributed by atoms with Crippen molar-refractivity contribution in [1.29, 1.82) is 0 Å². The van der Waals surface area contributed by atoms with Gasteiger partial charge in [0, 0.05) is 0 Å². The predicted molar refractivity (Wildman–Crippen MR) is 48.0 cm³/mol. The van der Waals surface area contributed by atoms with Crippen LogP contribution >= 0.6 is 0 Å². The van der Waals surface area contributed by atoms with Gasteiger partial charge in [-0.05, 0) is 18.8 Å². The molecule has 1 unspecified atom stereocenters. The van der Waals surface area contributed by atoms with Crippen LogP contribution in [0, 0.1) is 5.92 Å². The van der Waals surface area contributed by atoms with E-state index in [-0.39, 0.29) is 0 Å². The molecule has 0 bridgehead atoms. The van der Waals surface area contributed by atoms with Crippen molar-refractivity contribution in [3.05, 3.63) is 24.3 Å². The Kier molecular flexibility index (Phi) is 6.25. The van der Waals surface area contributed by atoms with E-state index in [9.17, 15) is 0 Å². The number of allylic oxidation sites excluding steroid dienone is 4. The maximum absolute atomic E-state index is 2.28. The van der Waals surface area contributed by atoms with Crippen molar-refractivity contribution in [3.63, 3.8) is 0 Å². The van der Waals surface area contributed by atoms with Gasteiger partial charge >= 0.3 is 0 Å². The van der Waals surface area contributed by atoms with Gasteiger partial charge in [-0.25, -0.2) is 0 Å². The fourth-order valence-corrected chi connectivity index (χ4v) is 0.935. The first-order valence-corrected chi connectivity index (χ1v) is 4.27. The lowest BCUT2D eigenvalue weighted by Gasteiger charge is -2.07. The lowest BCUT2D eigenvalue weighted by atomic mass is 9.99. The molecule has 0 aromatic rings. The maximum atomic E-state index is 2.28. The molecule has 0 saturated carbocycles. The molecule has 0 saturated heterocycles. The van der Waals surface area contributed by atoms with Crippen LogP contribution in [0.4, 0.5) is 0 Å². The molecule has 0 spiro atoms. The molecular formula is C10H18. The van der Waals surface area contributed by atoms with Crippen LogP contribution in [0.5, 0.6) is 0 Å². The molecule has 0 aliphatic heterocycles. The lowest BCUT2D eigenvalue weighted by molar-refractivity contribution is 0.633. The van der Waals surface area contributed by atoms with Gasteiger partial charge in [-0.1, -0.05) is 45.1 Å². The minimum Gasteiger partial charge on any atom is -0.0840 e. The molecule has 1 atom stereocenters. The fourth-order valence-electron chi connectivity index (χ4n) is 0.935. The third kappa shape index (κ3) is 3.49. The molecule has 1 rings (SSSR count). The Morgan fingerprint density at radius 1 is 1.30 bits per heavy atom. The highest BCUT2D eigenvalue weighted by atomic mass is 14.0. The van der Waals surface area contributed by atoms with E-state index in [4.69, 9.17) is 0 Å². The Balaban J connectivity index is 0.000000371. The van der Waals surface area contributed by atoms with Gasteiger partial charge < -0.3 is 0 Å². The standard InChI is InChI=1S/C8H12.C2H6/c1-2-8-6-4-3-5-7-8;1-2/h3-6,8H,2,7H2,1H3;1-2H3. The van der Waals surface area contributed by atoms with Gasteiger partial charge in [0.15, 0.2) is 0 Å². The predicted octanol–water partition coefficient (Wildman–Crippen LogP) is 3.55. The van der Waals surface area contributed by atoms with Crippen molar-refractivity contribution in [2.75, 3.05) is 0 Å². The molecule has 0 fully saturated rings. The van der Waals surface area contributed by atoms with Gasteiger partial charge in [0.25, 0.3) is 0 Å². The topological polar surface area (TPSA) is 0 Å². The normalized spacial score (nSPS) is 21.7. The van der Waals surface area contributed by atoms with Crippen LogP contribution in [-0.4, -0.2) is 0 Å². The van der Waals surface area contributed by atoms with Crippen LogP contribution in [0.15, 0.2) is 24.3 Å². The van der Waals surface area contributed by atoms with Crippen molar-refractivity contribution in [1.82, 2.24) is 0 Å². The second-order valence-electron chi connectivity index (χ2n) is 2.22. The Morgan fingerprint density at radius 3 is 2.30 bits per heavy atom. The zero-order chi connectivity index (χ0) is 7.82. The fraction of sp³-hybridized carbons (Fsp3) is 0.600. The summed E-state index contributed by atoms with van der Waals surface area (Å²) in [7, 11) is 0. The van der Waals surface area contributed by atoms with E-state index in [1.165, 1.54) is 12.8 Å². The van der Waals surface area contributed by atoms with Gasteiger partial charge in [0.1, 0.15) is 0 Å². The molecule has 1 aliphatic carbocycles. The largest absolute Gasteiger partial charge is 0.0840 e. The summed E-state index contributed by atoms with van der Waals surface area (Å²) in [5.41, 5.74) is 0. The van der Waals surface area contributed by atoms with Crippen LogP contribution in [0.2, 0.25) is 0 Å². The van der Waals surface area contributed by atoms with Crippen LogP contribution in [0.3, 0.4) is 0 Å². The zero-order valence-corrected chi connectivity index (χ0v) is 7.30. The molecule has 0 heterocycles. The van der Waals surface area contributed by atoms with E-state index in [0.29, 0.717) is 0 Å². The van der Waals surface area contributed by atoms with Gasteiger partial charge in [-0.3, -0.25) is 0 Å². The molecule has 0 aromatic carbocycles. The summed E-state index contributed by atoms with van der Waals surface area (Å²) in [6.07, 6.45) is 11.3. The number of hydrogen-bond acceptors (Lipinski definition) is 0. The van der Waals surface area contributed by atoms with Crippen LogP contribution in [0.25, 0.3) is 0 Å². The monoisotopic (exact) mass is 138 g/mol. The minimum atomic E-state index is 0.819. The average Bonchev–Trinajstić information content (AvgIpc) is 2.10. The molecule has 0 aromatic heterocycles. The van der Waals surface area contributed by atoms with E-state index in [1.807, 2.05) is 13.8 Å². The Morgan fingerprint density at radius 2 is 2.00 bits per heavy atom. The smallest absolute Gasteiger partial charge is 0.0198 e. The van der Waals surface area contributed by atoms with Gasteiger partial charge in [-0.15, -0.1) is 0 Å². The molecular weight excluding hydrogens is 120 g/mol. The van der Waals surface area contributed by atoms with Crippen LogP contribution < -0.4 is 0 Å². The number of rotatable bonds is 1. The van der Waals surface area contributed by atoms with Crippen molar-refractivity contribution < 1.29 is 0 Å². The second-order valence-corrected chi connectivity index (χ2v) is 2.22. The summed E-state index contributed by atoms with van der Waals surface area (Å²) < 4.78 is 0. The van der Waals surface area contributed by atoms with Crippen LogP contribution in [0.1, 0.15) is 33.6 Å². The van der Waals surface area contributed by atoms with Crippen molar-refractivity contribution >= 4 is 0 Å². The summed E-state index contributed by atoms with van der Waals surface area (Å²) in [4.78, 5) is 0. The first-order chi connectivity index (χ1) is 4.93. The Hall–Kier alpha value is -0.520. The van der Waals surface area contributed by atoms with Gasteiger partial charge in [-0.2, -0.15) is 0 Å². The minimum absolute atomic E-state index is 0.819. The first kappa shape index (κ1) is 9.48. The Bertz CT molecular complexity index is 109. The van der Waals surface area contributed by atoms with E-state index >= 15 is 0 Å². The SMILES string of the molecule is CC.CCC1C=CC=CC1. The summed E-state index contributed by atoms with van der Waals surface area (Å²) in [6.45, 7) is 6.23. The van der Waals surface area contributed by atoms with Crippen molar-refractivity contribution in [2.45, 2.75) is 33.6 Å². The zero-order valence-electron chi connectivity index (χ0n) is 7.30. The third-order valence-corrected chi connectivity index (χ3v) is 1.59. The van der Waals surface area contributed by atoms with E-state index in [2.05, 4.69) is 31.2 Å². The summed E-state index contributed by atoms with van der Waals surface area (Å²) in [5.74, 6) is 0.819. The Labute approximate surface area is 64.6 Å². The molecule has 58 valence electrons.